The zero-order chi connectivity index (χ0) is 16.8. The molecule has 1 saturated heterocycles. The van der Waals surface area contributed by atoms with Gasteiger partial charge in [-0.25, -0.2) is 4.98 Å². The highest BCUT2D eigenvalue weighted by molar-refractivity contribution is 7.10. The fourth-order valence-corrected chi connectivity index (χ4v) is 3.16. The third kappa shape index (κ3) is 4.28. The van der Waals surface area contributed by atoms with Crippen molar-refractivity contribution >= 4 is 23.3 Å². The van der Waals surface area contributed by atoms with Crippen molar-refractivity contribution in [1.82, 2.24) is 14.8 Å². The average molecular weight is 338 g/mol. The maximum absolute atomic E-state index is 12.2. The van der Waals surface area contributed by atoms with Crippen molar-refractivity contribution in [2.75, 3.05) is 26.2 Å². The van der Waals surface area contributed by atoms with Crippen molar-refractivity contribution in [2.24, 2.45) is 0 Å². The van der Waals surface area contributed by atoms with Crippen molar-refractivity contribution in [3.8, 4) is 6.07 Å². The normalized spacial score (nSPS) is 15.5. The molecule has 0 unspecified atom stereocenters. The number of benzene rings is 1. The van der Waals surface area contributed by atoms with Crippen molar-refractivity contribution < 1.29 is 4.79 Å². The Morgan fingerprint density at radius 2 is 2.00 bits per heavy atom. The van der Waals surface area contributed by atoms with Gasteiger partial charge in [0.25, 0.3) is 0 Å². The molecule has 2 heterocycles. The van der Waals surface area contributed by atoms with E-state index in [9.17, 15) is 4.79 Å². The fourth-order valence-electron chi connectivity index (χ4n) is 2.63. The van der Waals surface area contributed by atoms with E-state index in [1.54, 1.807) is 18.3 Å². The summed E-state index contributed by atoms with van der Waals surface area (Å²) in [6.07, 6.45) is 5.11. The van der Waals surface area contributed by atoms with Crippen LogP contribution in [-0.2, 0) is 11.3 Å². The molecular weight excluding hydrogens is 320 g/mol. The van der Waals surface area contributed by atoms with Crippen LogP contribution in [0.4, 0.5) is 0 Å². The maximum atomic E-state index is 12.2. The zero-order valence-corrected chi connectivity index (χ0v) is 14.1. The number of carbonyl (C=O) groups excluding carboxylic acids is 1. The minimum absolute atomic E-state index is 0.0447. The number of amides is 1. The summed E-state index contributed by atoms with van der Waals surface area (Å²) in [5.74, 6) is 0.0447. The van der Waals surface area contributed by atoms with Crippen molar-refractivity contribution in [1.29, 1.82) is 5.26 Å². The topological polar surface area (TPSA) is 60.2 Å². The standard InChI is InChI=1S/C18H18N4OS/c19-13-15-1-3-16(4-2-15)14-21-8-10-22(11-9-21)18(23)6-5-17-20-7-12-24-17/h1-7,12H,8-11,14H2. The molecule has 2 aromatic rings. The molecule has 5 nitrogen and oxygen atoms in total. The minimum Gasteiger partial charge on any atom is -0.337 e. The van der Waals surface area contributed by atoms with Crippen molar-refractivity contribution in [2.45, 2.75) is 6.54 Å². The molecule has 1 aliphatic rings. The fraction of sp³-hybridized carbons (Fsp3) is 0.278. The molecule has 1 aromatic heterocycles. The SMILES string of the molecule is N#Cc1ccc(CN2CCN(C(=O)C=Cc3nccs3)CC2)cc1. The predicted octanol–water partition coefficient (Wildman–Crippen LogP) is 2.37. The first-order valence-electron chi connectivity index (χ1n) is 7.82. The van der Waals surface area contributed by atoms with E-state index < -0.39 is 0 Å². The van der Waals surface area contributed by atoms with E-state index in [0.717, 1.165) is 37.7 Å². The first-order chi connectivity index (χ1) is 11.7. The molecule has 24 heavy (non-hydrogen) atoms. The molecule has 1 amide bonds. The van der Waals surface area contributed by atoms with Gasteiger partial charge in [-0.2, -0.15) is 5.26 Å². The summed E-state index contributed by atoms with van der Waals surface area (Å²) in [7, 11) is 0. The van der Waals surface area contributed by atoms with Gasteiger partial charge in [-0.05, 0) is 23.8 Å². The van der Waals surface area contributed by atoms with Crippen LogP contribution in [0.15, 0.2) is 41.9 Å². The molecule has 1 aliphatic heterocycles. The Kier molecular flexibility index (Phi) is 5.36. The van der Waals surface area contributed by atoms with Crippen LogP contribution in [0.3, 0.4) is 0 Å². The lowest BCUT2D eigenvalue weighted by Gasteiger charge is -2.34. The minimum atomic E-state index is 0.0447. The van der Waals surface area contributed by atoms with Gasteiger partial charge in [0.15, 0.2) is 0 Å². The highest BCUT2D eigenvalue weighted by atomic mass is 32.1. The van der Waals surface area contributed by atoms with E-state index in [2.05, 4.69) is 16.0 Å². The molecule has 1 fully saturated rings. The van der Waals surface area contributed by atoms with Crippen LogP contribution >= 0.6 is 11.3 Å². The van der Waals surface area contributed by atoms with Crippen molar-refractivity contribution in [3.63, 3.8) is 0 Å². The van der Waals surface area contributed by atoms with Crippen LogP contribution in [0.1, 0.15) is 16.1 Å². The number of hydrogen-bond donors (Lipinski definition) is 0. The van der Waals surface area contributed by atoms with E-state index in [4.69, 9.17) is 5.26 Å². The Balaban J connectivity index is 1.48. The van der Waals surface area contributed by atoms with Gasteiger partial charge in [0.05, 0.1) is 11.6 Å². The monoisotopic (exact) mass is 338 g/mol. The number of carbonyl (C=O) groups is 1. The lowest BCUT2D eigenvalue weighted by molar-refractivity contribution is -0.127. The number of nitrogens with zero attached hydrogens (tertiary/aromatic N) is 4. The van der Waals surface area contributed by atoms with Crippen molar-refractivity contribution in [3.05, 3.63) is 58.1 Å². The van der Waals surface area contributed by atoms with Gasteiger partial charge in [0.1, 0.15) is 5.01 Å². The number of piperazine rings is 1. The quantitative estimate of drug-likeness (QED) is 0.803. The number of aromatic nitrogens is 1. The third-order valence-electron chi connectivity index (χ3n) is 3.99. The molecule has 1 aromatic carbocycles. The lowest BCUT2D eigenvalue weighted by Crippen LogP contribution is -2.47. The summed E-state index contributed by atoms with van der Waals surface area (Å²) in [5, 5.41) is 11.6. The molecule has 0 bridgehead atoms. The molecular formula is C18H18N4OS. The molecule has 0 radical (unpaired) electrons. The second-order valence-electron chi connectivity index (χ2n) is 5.61. The molecule has 122 valence electrons. The zero-order valence-electron chi connectivity index (χ0n) is 13.3. The highest BCUT2D eigenvalue weighted by Gasteiger charge is 2.19. The second kappa shape index (κ2) is 7.86. The molecule has 0 atom stereocenters. The number of rotatable bonds is 4. The van der Waals surface area contributed by atoms with E-state index in [-0.39, 0.29) is 5.91 Å². The number of thiazole rings is 1. The van der Waals surface area contributed by atoms with Crippen LogP contribution in [-0.4, -0.2) is 46.9 Å². The van der Waals surface area contributed by atoms with Gasteiger partial charge in [0, 0.05) is 50.4 Å². The summed E-state index contributed by atoms with van der Waals surface area (Å²) < 4.78 is 0. The molecule has 0 N–H and O–H groups in total. The van der Waals surface area contributed by atoms with Crippen LogP contribution in [0.2, 0.25) is 0 Å². The van der Waals surface area contributed by atoms with Gasteiger partial charge in [0.2, 0.25) is 5.91 Å². The molecule has 6 heteroatoms. The molecule has 0 saturated carbocycles. The summed E-state index contributed by atoms with van der Waals surface area (Å²) in [5.41, 5.74) is 1.87. The van der Waals surface area contributed by atoms with Gasteiger partial charge < -0.3 is 4.90 Å². The van der Waals surface area contributed by atoms with Gasteiger partial charge in [-0.1, -0.05) is 12.1 Å². The van der Waals surface area contributed by atoms with Crippen LogP contribution in [0.5, 0.6) is 0 Å². The van der Waals surface area contributed by atoms with E-state index >= 15 is 0 Å². The smallest absolute Gasteiger partial charge is 0.246 e. The van der Waals surface area contributed by atoms with E-state index in [0.29, 0.717) is 5.56 Å². The lowest BCUT2D eigenvalue weighted by atomic mass is 10.1. The number of hydrogen-bond acceptors (Lipinski definition) is 5. The third-order valence-corrected chi connectivity index (χ3v) is 4.73. The van der Waals surface area contributed by atoms with Crippen LogP contribution < -0.4 is 0 Å². The van der Waals surface area contributed by atoms with Gasteiger partial charge >= 0.3 is 0 Å². The second-order valence-corrected chi connectivity index (χ2v) is 6.54. The first kappa shape index (κ1) is 16.4. The Morgan fingerprint density at radius 1 is 1.25 bits per heavy atom. The predicted molar refractivity (Wildman–Crippen MR) is 94.2 cm³/mol. The average Bonchev–Trinajstić information content (AvgIpc) is 3.14. The van der Waals surface area contributed by atoms with Gasteiger partial charge in [-0.15, -0.1) is 11.3 Å². The molecule has 0 aliphatic carbocycles. The van der Waals surface area contributed by atoms with E-state index in [1.807, 2.05) is 34.5 Å². The summed E-state index contributed by atoms with van der Waals surface area (Å²) in [6, 6.07) is 9.81. The van der Waals surface area contributed by atoms with Crippen LogP contribution in [0.25, 0.3) is 6.08 Å². The Labute approximate surface area is 145 Å². The summed E-state index contributed by atoms with van der Waals surface area (Å²) in [6.45, 7) is 4.03. The Hall–Kier alpha value is -2.49. The summed E-state index contributed by atoms with van der Waals surface area (Å²) in [4.78, 5) is 20.5. The largest absolute Gasteiger partial charge is 0.337 e. The Bertz CT molecular complexity index is 738. The van der Waals surface area contributed by atoms with Crippen LogP contribution in [0, 0.1) is 11.3 Å². The van der Waals surface area contributed by atoms with Gasteiger partial charge in [-0.3, -0.25) is 9.69 Å². The van der Waals surface area contributed by atoms with E-state index in [1.165, 1.54) is 16.9 Å². The first-order valence-corrected chi connectivity index (χ1v) is 8.70. The number of nitriles is 1. The summed E-state index contributed by atoms with van der Waals surface area (Å²) >= 11 is 1.52. The Morgan fingerprint density at radius 3 is 2.62 bits per heavy atom. The highest BCUT2D eigenvalue weighted by Crippen LogP contribution is 2.11. The molecule has 0 spiro atoms. The molecule has 3 rings (SSSR count). The maximum Gasteiger partial charge on any atom is 0.246 e.